The molecule has 1 aromatic heterocycles. The van der Waals surface area contributed by atoms with E-state index in [1.807, 2.05) is 0 Å². The van der Waals surface area contributed by atoms with Crippen LogP contribution in [0.5, 0.6) is 0 Å². The first-order valence-electron chi connectivity index (χ1n) is 10.0. The number of nitrogens with one attached hydrogen (secondary N) is 3. The molecule has 1 heterocycles. The third-order valence-electron chi connectivity index (χ3n) is 4.48. The van der Waals surface area contributed by atoms with Gasteiger partial charge in [-0.05, 0) is 42.9 Å². The maximum atomic E-state index is 12.8. The summed E-state index contributed by atoms with van der Waals surface area (Å²) < 4.78 is 102. The van der Waals surface area contributed by atoms with E-state index in [0.29, 0.717) is 17.4 Å². The Bertz CT molecular complexity index is 1300. The van der Waals surface area contributed by atoms with Crippen LogP contribution in [0.1, 0.15) is 5.56 Å². The molecule has 0 unspecified atom stereocenters. The zero-order valence-electron chi connectivity index (χ0n) is 18.4. The van der Waals surface area contributed by atoms with Crippen LogP contribution in [-0.2, 0) is 16.4 Å². The number of thioether (sulfide) groups is 1. The molecule has 3 rings (SSSR count). The SMILES string of the molecule is CNS(=O)(=O)c1ccc(SCC(F)(F)F)c(Nc2cc(Nc3ccc(CC(F)(F)F)cc3)ncn2)c1. The van der Waals surface area contributed by atoms with Gasteiger partial charge in [0.05, 0.1) is 22.8 Å². The highest BCUT2D eigenvalue weighted by molar-refractivity contribution is 7.99. The van der Waals surface area contributed by atoms with Crippen molar-refractivity contribution in [3.8, 4) is 0 Å². The molecule has 15 heteroatoms. The van der Waals surface area contributed by atoms with Crippen molar-refractivity contribution in [1.29, 1.82) is 0 Å². The Kier molecular flexibility index (Phi) is 8.36. The van der Waals surface area contributed by atoms with E-state index in [1.54, 1.807) is 0 Å². The van der Waals surface area contributed by atoms with Crippen LogP contribution in [0.4, 0.5) is 49.4 Å². The highest BCUT2D eigenvalue weighted by Crippen LogP contribution is 2.35. The molecule has 194 valence electrons. The molecule has 0 aliphatic rings. The van der Waals surface area contributed by atoms with Crippen LogP contribution in [0.3, 0.4) is 0 Å². The summed E-state index contributed by atoms with van der Waals surface area (Å²) in [7, 11) is -2.67. The van der Waals surface area contributed by atoms with Gasteiger partial charge in [0.15, 0.2) is 0 Å². The lowest BCUT2D eigenvalue weighted by molar-refractivity contribution is -0.127. The Balaban J connectivity index is 1.83. The van der Waals surface area contributed by atoms with Crippen LogP contribution in [0, 0.1) is 0 Å². The molecule has 0 aliphatic carbocycles. The number of sulfonamides is 1. The maximum absolute atomic E-state index is 12.8. The number of nitrogens with zero attached hydrogens (tertiary/aromatic N) is 2. The minimum absolute atomic E-state index is 0.0710. The fourth-order valence-corrected chi connectivity index (χ4v) is 4.40. The zero-order chi connectivity index (χ0) is 26.6. The van der Waals surface area contributed by atoms with E-state index >= 15 is 0 Å². The number of hydrogen-bond donors (Lipinski definition) is 3. The highest BCUT2D eigenvalue weighted by atomic mass is 32.2. The first-order valence-corrected chi connectivity index (χ1v) is 12.5. The third-order valence-corrected chi connectivity index (χ3v) is 7.03. The smallest absolute Gasteiger partial charge is 0.340 e. The average molecular weight is 552 g/mol. The third kappa shape index (κ3) is 8.27. The summed E-state index contributed by atoms with van der Waals surface area (Å²) in [6.45, 7) is 0. The number of alkyl halides is 6. The predicted octanol–water partition coefficient (Wildman–Crippen LogP) is 5.63. The Morgan fingerprint density at radius 3 is 2.08 bits per heavy atom. The summed E-state index contributed by atoms with van der Waals surface area (Å²) in [4.78, 5) is 7.99. The Morgan fingerprint density at radius 1 is 0.861 bits per heavy atom. The van der Waals surface area contributed by atoms with E-state index in [2.05, 4.69) is 25.3 Å². The lowest BCUT2D eigenvalue weighted by atomic mass is 10.1. The zero-order valence-corrected chi connectivity index (χ0v) is 20.0. The first kappa shape index (κ1) is 27.5. The van der Waals surface area contributed by atoms with Crippen molar-refractivity contribution in [1.82, 2.24) is 14.7 Å². The predicted molar refractivity (Wildman–Crippen MR) is 124 cm³/mol. The van der Waals surface area contributed by atoms with Crippen LogP contribution >= 0.6 is 11.8 Å². The van der Waals surface area contributed by atoms with E-state index in [4.69, 9.17) is 0 Å². The molecule has 0 aliphatic heterocycles. The fraction of sp³-hybridized carbons (Fsp3) is 0.238. The highest BCUT2D eigenvalue weighted by Gasteiger charge is 2.28. The van der Waals surface area contributed by atoms with Crippen LogP contribution in [0.25, 0.3) is 0 Å². The van der Waals surface area contributed by atoms with Crippen LogP contribution < -0.4 is 15.4 Å². The van der Waals surface area contributed by atoms with Gasteiger partial charge in [-0.2, -0.15) is 26.3 Å². The van der Waals surface area contributed by atoms with Crippen LogP contribution in [-0.4, -0.2) is 43.5 Å². The molecule has 0 spiro atoms. The van der Waals surface area contributed by atoms with E-state index in [0.717, 1.165) is 6.33 Å². The molecule has 7 nitrogen and oxygen atoms in total. The van der Waals surface area contributed by atoms with Crippen LogP contribution in [0.2, 0.25) is 0 Å². The molecule has 0 radical (unpaired) electrons. The van der Waals surface area contributed by atoms with E-state index in [1.165, 1.54) is 55.6 Å². The summed E-state index contributed by atoms with van der Waals surface area (Å²) in [5, 5.41) is 5.70. The molecular weight excluding hydrogens is 532 g/mol. The second kappa shape index (κ2) is 10.9. The largest absolute Gasteiger partial charge is 0.398 e. The summed E-state index contributed by atoms with van der Waals surface area (Å²) >= 11 is 0.470. The molecule has 0 saturated heterocycles. The molecule has 0 amide bonds. The van der Waals surface area contributed by atoms with Gasteiger partial charge in [0.1, 0.15) is 18.0 Å². The van der Waals surface area contributed by atoms with Gasteiger partial charge in [0.2, 0.25) is 10.0 Å². The molecule has 0 fully saturated rings. The van der Waals surface area contributed by atoms with Crippen molar-refractivity contribution in [2.75, 3.05) is 23.4 Å². The monoisotopic (exact) mass is 551 g/mol. The van der Waals surface area contributed by atoms with Gasteiger partial charge in [0, 0.05) is 16.6 Å². The van der Waals surface area contributed by atoms with Gasteiger partial charge < -0.3 is 10.6 Å². The molecule has 0 saturated carbocycles. The van der Waals surface area contributed by atoms with Crippen molar-refractivity contribution < 1.29 is 34.8 Å². The second-order valence-electron chi connectivity index (χ2n) is 7.30. The van der Waals surface area contributed by atoms with Gasteiger partial charge in [-0.25, -0.2) is 23.1 Å². The summed E-state index contributed by atoms with van der Waals surface area (Å²) in [6.07, 6.45) is -8.69. The lowest BCUT2D eigenvalue weighted by Crippen LogP contribution is -2.18. The normalized spacial score (nSPS) is 12.4. The van der Waals surface area contributed by atoms with Crippen molar-refractivity contribution in [2.45, 2.75) is 28.6 Å². The van der Waals surface area contributed by atoms with Crippen molar-refractivity contribution in [3.05, 3.63) is 60.4 Å². The van der Waals surface area contributed by atoms with Crippen LogP contribution in [0.15, 0.2) is 64.6 Å². The van der Waals surface area contributed by atoms with Crippen molar-refractivity contribution in [3.63, 3.8) is 0 Å². The molecule has 36 heavy (non-hydrogen) atoms. The first-order chi connectivity index (χ1) is 16.7. The topological polar surface area (TPSA) is 96.0 Å². The van der Waals surface area contributed by atoms with E-state index in [-0.39, 0.29) is 32.7 Å². The molecule has 3 N–H and O–H groups in total. The molecular formula is C21H19F6N5O2S2. The molecule has 2 aromatic carbocycles. The average Bonchev–Trinajstić information content (AvgIpc) is 2.78. The molecule has 3 aromatic rings. The minimum atomic E-state index is -4.45. The number of rotatable bonds is 9. The number of benzene rings is 2. The lowest BCUT2D eigenvalue weighted by Gasteiger charge is -2.15. The maximum Gasteiger partial charge on any atom is 0.398 e. The Labute approximate surface area is 206 Å². The summed E-state index contributed by atoms with van der Waals surface area (Å²) in [5.41, 5.74) is 0.592. The minimum Gasteiger partial charge on any atom is -0.340 e. The van der Waals surface area contributed by atoms with E-state index < -0.39 is 34.5 Å². The Hall–Kier alpha value is -3.04. The number of halogens is 6. The fourth-order valence-electron chi connectivity index (χ4n) is 2.89. The van der Waals surface area contributed by atoms with Crippen molar-refractivity contribution in [2.24, 2.45) is 0 Å². The summed E-state index contributed by atoms with van der Waals surface area (Å²) in [5.74, 6) is -0.825. The number of hydrogen-bond acceptors (Lipinski definition) is 7. The molecule has 0 bridgehead atoms. The summed E-state index contributed by atoms with van der Waals surface area (Å²) in [6, 6.07) is 10.5. The number of aromatic nitrogens is 2. The van der Waals surface area contributed by atoms with Gasteiger partial charge in [-0.15, -0.1) is 11.8 Å². The quantitative estimate of drug-likeness (QED) is 0.234. The van der Waals surface area contributed by atoms with Gasteiger partial charge in [-0.1, -0.05) is 12.1 Å². The van der Waals surface area contributed by atoms with Gasteiger partial charge in [-0.3, -0.25) is 0 Å². The molecule has 0 atom stereocenters. The van der Waals surface area contributed by atoms with E-state index in [9.17, 15) is 34.8 Å². The standard InChI is InChI=1S/C21H19F6N5O2S2/c1-28-36(33,34)15-6-7-17(35-11-21(25,26)27)16(8-15)32-19-9-18(29-12-30-19)31-14-4-2-13(3-5-14)10-20(22,23)24/h2-9,12,28H,10-11H2,1H3,(H2,29,30,31,32). The van der Waals surface area contributed by atoms with Gasteiger partial charge >= 0.3 is 12.4 Å². The second-order valence-corrected chi connectivity index (χ2v) is 10.2. The Morgan fingerprint density at radius 2 is 1.50 bits per heavy atom. The number of anilines is 4. The van der Waals surface area contributed by atoms with Crippen molar-refractivity contribution >= 4 is 44.8 Å². The van der Waals surface area contributed by atoms with Gasteiger partial charge in [0.25, 0.3) is 0 Å².